The van der Waals surface area contributed by atoms with Crippen molar-refractivity contribution in [2.45, 2.75) is 45.2 Å². The van der Waals surface area contributed by atoms with Crippen LogP contribution in [0.15, 0.2) is 83.8 Å². The monoisotopic (exact) mass is 569 g/mol. The highest BCUT2D eigenvalue weighted by molar-refractivity contribution is 7.92. The quantitative estimate of drug-likeness (QED) is 0.324. The third-order valence-electron chi connectivity index (χ3n) is 6.20. The number of hydrogen-bond donors (Lipinski definition) is 1. The maximum atomic E-state index is 14.6. The zero-order valence-electron chi connectivity index (χ0n) is 23.2. The number of halogens is 1. The summed E-state index contributed by atoms with van der Waals surface area (Å²) in [6.45, 7) is 7.26. The summed E-state index contributed by atoms with van der Waals surface area (Å²) in [5, 5.41) is 2.80. The Bertz CT molecular complexity index is 1380. The zero-order chi connectivity index (χ0) is 29.3. The van der Waals surface area contributed by atoms with Crippen LogP contribution in [0, 0.1) is 11.7 Å². The Hall–Kier alpha value is -3.92. The van der Waals surface area contributed by atoms with E-state index >= 15 is 0 Å². The van der Waals surface area contributed by atoms with E-state index in [9.17, 15) is 22.4 Å². The fourth-order valence-corrected chi connectivity index (χ4v) is 5.40. The maximum Gasteiger partial charge on any atom is 0.264 e. The number of nitrogens with one attached hydrogen (secondary N) is 1. The Morgan fingerprint density at radius 1 is 0.925 bits per heavy atom. The summed E-state index contributed by atoms with van der Waals surface area (Å²) in [6.07, 6.45) is 0. The van der Waals surface area contributed by atoms with Gasteiger partial charge in [0.1, 0.15) is 24.2 Å². The third-order valence-corrected chi connectivity index (χ3v) is 7.98. The molecule has 1 atom stereocenters. The highest BCUT2D eigenvalue weighted by Gasteiger charge is 2.32. The molecule has 0 spiro atoms. The van der Waals surface area contributed by atoms with Gasteiger partial charge in [-0.3, -0.25) is 13.9 Å². The average Bonchev–Trinajstić information content (AvgIpc) is 2.94. The molecule has 0 unspecified atom stereocenters. The Kier molecular flexibility index (Phi) is 10.7. The highest BCUT2D eigenvalue weighted by Crippen LogP contribution is 2.26. The molecule has 0 fully saturated rings. The molecule has 2 amide bonds. The molecule has 0 aliphatic carbocycles. The van der Waals surface area contributed by atoms with Crippen LogP contribution in [-0.2, 0) is 26.2 Å². The molecule has 0 bridgehead atoms. The number of sulfonamides is 1. The molecule has 3 aromatic carbocycles. The van der Waals surface area contributed by atoms with Gasteiger partial charge in [-0.05, 0) is 62.2 Å². The second kappa shape index (κ2) is 13.9. The number of amides is 2. The molecule has 0 aromatic heterocycles. The van der Waals surface area contributed by atoms with E-state index in [1.54, 1.807) is 55.5 Å². The SMILES string of the molecule is CCOc1ccc(N(CC(=O)N(Cc2ccccc2F)[C@H](C)C(=O)NCC(C)C)S(=O)(=O)c2ccccc2)cc1. The molecule has 40 heavy (non-hydrogen) atoms. The van der Waals surface area contributed by atoms with Crippen molar-refractivity contribution in [3.63, 3.8) is 0 Å². The van der Waals surface area contributed by atoms with E-state index in [-0.39, 0.29) is 28.6 Å². The average molecular weight is 570 g/mol. The molecule has 0 radical (unpaired) electrons. The molecule has 8 nitrogen and oxygen atoms in total. The van der Waals surface area contributed by atoms with E-state index in [1.807, 2.05) is 20.8 Å². The van der Waals surface area contributed by atoms with Crippen molar-refractivity contribution in [2.75, 3.05) is 24.0 Å². The largest absolute Gasteiger partial charge is 0.494 e. The van der Waals surface area contributed by atoms with Gasteiger partial charge in [0.05, 0.1) is 17.2 Å². The lowest BCUT2D eigenvalue weighted by atomic mass is 10.1. The Morgan fingerprint density at radius 2 is 1.55 bits per heavy atom. The van der Waals surface area contributed by atoms with Crippen molar-refractivity contribution in [2.24, 2.45) is 5.92 Å². The molecule has 0 heterocycles. The minimum Gasteiger partial charge on any atom is -0.494 e. The van der Waals surface area contributed by atoms with E-state index in [4.69, 9.17) is 4.74 Å². The predicted octanol–water partition coefficient (Wildman–Crippen LogP) is 4.61. The van der Waals surface area contributed by atoms with E-state index < -0.39 is 40.2 Å². The van der Waals surface area contributed by atoms with Crippen molar-refractivity contribution in [3.05, 3.63) is 90.2 Å². The van der Waals surface area contributed by atoms with Gasteiger partial charge in [0, 0.05) is 18.7 Å². The van der Waals surface area contributed by atoms with Crippen LogP contribution >= 0.6 is 0 Å². The summed E-state index contributed by atoms with van der Waals surface area (Å²) < 4.78 is 48.6. The standard InChI is InChI=1S/C30H36FN3O5S/c1-5-39-26-17-15-25(16-18-26)34(40(37,38)27-12-7-6-8-13-27)21-29(35)33(20-24-11-9-10-14-28(24)31)23(4)30(36)32-19-22(2)3/h6-18,22-23H,5,19-21H2,1-4H3,(H,32,36)/t23-/m1/s1. The first-order valence-corrected chi connectivity index (χ1v) is 14.6. The molecule has 1 N–H and O–H groups in total. The number of anilines is 1. The molecule has 3 rings (SSSR count). The first-order chi connectivity index (χ1) is 19.0. The minimum absolute atomic E-state index is 0.0000588. The predicted molar refractivity (Wildman–Crippen MR) is 153 cm³/mol. The van der Waals surface area contributed by atoms with Crippen LogP contribution in [0.3, 0.4) is 0 Å². The topological polar surface area (TPSA) is 96.0 Å². The van der Waals surface area contributed by atoms with E-state index in [1.165, 1.54) is 35.2 Å². The van der Waals surface area contributed by atoms with Crippen molar-refractivity contribution in [3.8, 4) is 5.75 Å². The van der Waals surface area contributed by atoms with Gasteiger partial charge >= 0.3 is 0 Å². The molecule has 3 aromatic rings. The Balaban J connectivity index is 2.01. The molecule has 0 saturated heterocycles. The van der Waals surface area contributed by atoms with Gasteiger partial charge in [0.25, 0.3) is 10.0 Å². The molecule has 214 valence electrons. The van der Waals surface area contributed by atoms with Crippen LogP contribution < -0.4 is 14.4 Å². The van der Waals surface area contributed by atoms with Crippen molar-refractivity contribution in [1.29, 1.82) is 0 Å². The van der Waals surface area contributed by atoms with Crippen LogP contribution in [0.4, 0.5) is 10.1 Å². The lowest BCUT2D eigenvalue weighted by Crippen LogP contribution is -2.51. The molecule has 10 heteroatoms. The Labute approximate surface area is 235 Å². The lowest BCUT2D eigenvalue weighted by molar-refractivity contribution is -0.139. The Morgan fingerprint density at radius 3 is 2.15 bits per heavy atom. The van der Waals surface area contributed by atoms with Crippen LogP contribution in [-0.4, -0.2) is 50.9 Å². The number of nitrogens with zero attached hydrogens (tertiary/aromatic N) is 2. The fraction of sp³-hybridized carbons (Fsp3) is 0.333. The number of hydrogen-bond acceptors (Lipinski definition) is 5. The van der Waals surface area contributed by atoms with Gasteiger partial charge < -0.3 is 15.0 Å². The van der Waals surface area contributed by atoms with Gasteiger partial charge in [0.15, 0.2) is 0 Å². The lowest BCUT2D eigenvalue weighted by Gasteiger charge is -2.32. The number of carbonyl (C=O) groups excluding carboxylic acids is 2. The summed E-state index contributed by atoms with van der Waals surface area (Å²) in [7, 11) is -4.19. The summed E-state index contributed by atoms with van der Waals surface area (Å²) >= 11 is 0. The van der Waals surface area contributed by atoms with Gasteiger partial charge in [0.2, 0.25) is 11.8 Å². The number of ether oxygens (including phenoxy) is 1. The summed E-state index contributed by atoms with van der Waals surface area (Å²) in [5.41, 5.74) is 0.446. The first-order valence-electron chi connectivity index (χ1n) is 13.2. The second-order valence-electron chi connectivity index (χ2n) is 9.68. The third kappa shape index (κ3) is 7.81. The van der Waals surface area contributed by atoms with Crippen LogP contribution in [0.1, 0.15) is 33.3 Å². The zero-order valence-corrected chi connectivity index (χ0v) is 24.0. The van der Waals surface area contributed by atoms with Gasteiger partial charge in [-0.2, -0.15) is 0 Å². The van der Waals surface area contributed by atoms with Crippen molar-refractivity contribution < 1.29 is 27.1 Å². The molecular weight excluding hydrogens is 533 g/mol. The number of benzene rings is 3. The van der Waals surface area contributed by atoms with Gasteiger partial charge in [-0.15, -0.1) is 0 Å². The second-order valence-corrected chi connectivity index (χ2v) is 11.5. The summed E-state index contributed by atoms with van der Waals surface area (Å²) in [6, 6.07) is 19.1. The molecule has 0 aliphatic rings. The molecular formula is C30H36FN3O5S. The van der Waals surface area contributed by atoms with Crippen LogP contribution in [0.5, 0.6) is 5.75 Å². The highest BCUT2D eigenvalue weighted by atomic mass is 32.2. The van der Waals surface area contributed by atoms with Crippen molar-refractivity contribution in [1.82, 2.24) is 10.2 Å². The van der Waals surface area contributed by atoms with E-state index in [2.05, 4.69) is 5.32 Å². The number of carbonyl (C=O) groups is 2. The van der Waals surface area contributed by atoms with E-state index in [0.29, 0.717) is 18.9 Å². The van der Waals surface area contributed by atoms with Gasteiger partial charge in [-0.25, -0.2) is 12.8 Å². The van der Waals surface area contributed by atoms with E-state index in [0.717, 1.165) is 4.31 Å². The number of rotatable bonds is 13. The van der Waals surface area contributed by atoms with Gasteiger partial charge in [-0.1, -0.05) is 50.2 Å². The summed E-state index contributed by atoms with van der Waals surface area (Å²) in [4.78, 5) is 28.1. The summed E-state index contributed by atoms with van der Waals surface area (Å²) in [5.74, 6) is -0.888. The molecule has 0 aliphatic heterocycles. The van der Waals surface area contributed by atoms with Crippen LogP contribution in [0.25, 0.3) is 0 Å². The minimum atomic E-state index is -4.19. The molecule has 0 saturated carbocycles. The smallest absolute Gasteiger partial charge is 0.264 e. The van der Waals surface area contributed by atoms with Crippen LogP contribution in [0.2, 0.25) is 0 Å². The first kappa shape index (κ1) is 30.6. The fourth-order valence-electron chi connectivity index (χ4n) is 3.97. The van der Waals surface area contributed by atoms with Crippen molar-refractivity contribution >= 4 is 27.5 Å². The normalized spacial score (nSPS) is 12.1. The maximum absolute atomic E-state index is 14.6.